The van der Waals surface area contributed by atoms with Crippen molar-refractivity contribution >= 4 is 16.7 Å². The number of nitrogens with zero attached hydrogens (tertiary/aromatic N) is 5. The molecule has 1 aliphatic heterocycles. The maximum Gasteiger partial charge on any atom is 0.225 e. The first-order valence-electron chi connectivity index (χ1n) is 11.3. The van der Waals surface area contributed by atoms with Gasteiger partial charge in [-0.15, -0.1) is 0 Å². The zero-order valence-electron chi connectivity index (χ0n) is 18.2. The van der Waals surface area contributed by atoms with Crippen LogP contribution < -0.4 is 15.4 Å². The Balaban J connectivity index is 1.39. The molecule has 3 aromatic heterocycles. The van der Waals surface area contributed by atoms with Gasteiger partial charge in [-0.1, -0.05) is 0 Å². The summed E-state index contributed by atoms with van der Waals surface area (Å²) in [6.45, 7) is 3.64. The minimum atomic E-state index is 0.134. The van der Waals surface area contributed by atoms with E-state index >= 15 is 0 Å². The van der Waals surface area contributed by atoms with Crippen molar-refractivity contribution in [3.05, 3.63) is 42.6 Å². The first kappa shape index (κ1) is 21.1. The number of ether oxygens (including phenoxy) is 3. The second-order valence-corrected chi connectivity index (χ2v) is 8.37. The minimum Gasteiger partial charge on any atom is -0.474 e. The van der Waals surface area contributed by atoms with E-state index in [4.69, 9.17) is 24.9 Å². The molecule has 3 aromatic rings. The molecule has 9 nitrogen and oxygen atoms in total. The molecule has 0 bridgehead atoms. The van der Waals surface area contributed by atoms with Crippen LogP contribution in [0.1, 0.15) is 37.3 Å². The molecule has 170 valence electrons. The molecule has 0 unspecified atom stereocenters. The number of hydrogen-bond acceptors (Lipinski definition) is 8. The van der Waals surface area contributed by atoms with E-state index in [0.717, 1.165) is 61.1 Å². The van der Waals surface area contributed by atoms with E-state index < -0.39 is 0 Å². The molecule has 2 N–H and O–H groups in total. The molecule has 1 saturated carbocycles. The molecule has 9 heteroatoms. The van der Waals surface area contributed by atoms with Gasteiger partial charge >= 0.3 is 0 Å². The number of fused-ring (bicyclic) bond motifs is 1. The number of hydrogen-bond donors (Lipinski definition) is 1. The van der Waals surface area contributed by atoms with E-state index in [0.29, 0.717) is 31.7 Å². The van der Waals surface area contributed by atoms with Gasteiger partial charge in [-0.05, 0) is 37.3 Å². The Labute approximate surface area is 187 Å². The van der Waals surface area contributed by atoms with Crippen LogP contribution in [-0.4, -0.2) is 58.7 Å². The summed E-state index contributed by atoms with van der Waals surface area (Å²) >= 11 is 0. The van der Waals surface area contributed by atoms with Crippen LogP contribution in [0.15, 0.2) is 37.1 Å². The third kappa shape index (κ3) is 4.69. The molecular weight excluding hydrogens is 408 g/mol. The van der Waals surface area contributed by atoms with Gasteiger partial charge in [-0.3, -0.25) is 4.98 Å². The molecule has 0 radical (unpaired) electrons. The van der Waals surface area contributed by atoms with Crippen LogP contribution in [-0.2, 0) is 16.1 Å². The average molecular weight is 439 g/mol. The monoisotopic (exact) mass is 438 g/mol. The van der Waals surface area contributed by atoms with E-state index in [1.807, 2.05) is 31.0 Å². The second-order valence-electron chi connectivity index (χ2n) is 8.37. The van der Waals surface area contributed by atoms with Gasteiger partial charge < -0.3 is 29.4 Å². The van der Waals surface area contributed by atoms with E-state index in [1.54, 1.807) is 0 Å². The molecule has 0 spiro atoms. The van der Waals surface area contributed by atoms with Crippen molar-refractivity contribution in [3.8, 4) is 5.88 Å². The quantitative estimate of drug-likeness (QED) is 0.562. The van der Waals surface area contributed by atoms with Crippen molar-refractivity contribution in [1.82, 2.24) is 19.5 Å². The largest absolute Gasteiger partial charge is 0.474 e. The van der Waals surface area contributed by atoms with Crippen molar-refractivity contribution < 1.29 is 14.2 Å². The molecule has 2 fully saturated rings. The molecule has 2 aliphatic rings. The fourth-order valence-electron chi connectivity index (χ4n) is 4.53. The molecule has 1 saturated heterocycles. The van der Waals surface area contributed by atoms with Crippen LogP contribution in [0.3, 0.4) is 0 Å². The van der Waals surface area contributed by atoms with Crippen molar-refractivity contribution in [2.75, 3.05) is 37.9 Å². The van der Waals surface area contributed by atoms with Gasteiger partial charge in [0.1, 0.15) is 11.9 Å². The van der Waals surface area contributed by atoms with Crippen LogP contribution in [0.4, 0.5) is 5.82 Å². The third-order valence-corrected chi connectivity index (χ3v) is 6.28. The van der Waals surface area contributed by atoms with Crippen molar-refractivity contribution in [1.29, 1.82) is 0 Å². The lowest BCUT2D eigenvalue weighted by Crippen LogP contribution is -2.36. The fraction of sp³-hybridized carbons (Fsp3) is 0.522. The number of anilines is 1. The number of nitrogens with two attached hydrogens (primary N) is 1. The van der Waals surface area contributed by atoms with Gasteiger partial charge in [0.25, 0.3) is 0 Å². The Bertz CT molecular complexity index is 1010. The lowest BCUT2D eigenvalue weighted by Gasteiger charge is -2.31. The van der Waals surface area contributed by atoms with Gasteiger partial charge in [-0.2, -0.15) is 4.98 Å². The second kappa shape index (κ2) is 9.81. The Kier molecular flexibility index (Phi) is 6.47. The highest BCUT2D eigenvalue weighted by Gasteiger charge is 2.25. The first-order chi connectivity index (χ1) is 15.8. The summed E-state index contributed by atoms with van der Waals surface area (Å²) in [6, 6.07) is 4.58. The highest BCUT2D eigenvalue weighted by Crippen LogP contribution is 2.34. The zero-order chi connectivity index (χ0) is 21.8. The topological polar surface area (TPSA) is 101 Å². The number of imidazole rings is 1. The van der Waals surface area contributed by atoms with Crippen LogP contribution in [0.25, 0.3) is 10.9 Å². The lowest BCUT2D eigenvalue weighted by atomic mass is 9.93. The Hall–Kier alpha value is -2.75. The van der Waals surface area contributed by atoms with Gasteiger partial charge in [0, 0.05) is 43.8 Å². The van der Waals surface area contributed by atoms with Gasteiger partial charge in [0.15, 0.2) is 0 Å². The summed E-state index contributed by atoms with van der Waals surface area (Å²) in [5.41, 5.74) is 7.32. The molecular formula is C23H30N6O3. The van der Waals surface area contributed by atoms with E-state index in [1.165, 1.54) is 0 Å². The van der Waals surface area contributed by atoms with Crippen LogP contribution in [0, 0.1) is 0 Å². The first-order valence-corrected chi connectivity index (χ1v) is 11.3. The lowest BCUT2D eigenvalue weighted by molar-refractivity contribution is 0.121. The summed E-state index contributed by atoms with van der Waals surface area (Å²) in [7, 11) is 0. The molecule has 0 atom stereocenters. The Morgan fingerprint density at radius 3 is 2.72 bits per heavy atom. The predicted molar refractivity (Wildman–Crippen MR) is 121 cm³/mol. The number of aromatic nitrogens is 4. The highest BCUT2D eigenvalue weighted by atomic mass is 16.5. The Morgan fingerprint density at radius 1 is 1.12 bits per heavy atom. The average Bonchev–Trinajstić information content (AvgIpc) is 3.39. The maximum absolute atomic E-state index is 6.53. The normalized spacial score (nSPS) is 21.7. The van der Waals surface area contributed by atoms with Gasteiger partial charge in [-0.25, -0.2) is 4.98 Å². The number of pyridine rings is 2. The molecule has 5 rings (SSSR count). The van der Waals surface area contributed by atoms with E-state index in [-0.39, 0.29) is 12.8 Å². The number of rotatable bonds is 7. The molecule has 0 amide bonds. The highest BCUT2D eigenvalue weighted by molar-refractivity contribution is 5.86. The zero-order valence-corrected chi connectivity index (χ0v) is 18.2. The van der Waals surface area contributed by atoms with Crippen molar-refractivity contribution in [2.24, 2.45) is 5.73 Å². The third-order valence-electron chi connectivity index (χ3n) is 6.28. The Morgan fingerprint density at radius 2 is 1.97 bits per heavy atom. The number of morpholine rings is 1. The minimum absolute atomic E-state index is 0.134. The summed E-state index contributed by atoms with van der Waals surface area (Å²) < 4.78 is 19.6. The summed E-state index contributed by atoms with van der Waals surface area (Å²) in [6.07, 6.45) is 11.9. The summed E-state index contributed by atoms with van der Waals surface area (Å²) in [5.74, 6) is 1.54. The molecule has 4 heterocycles. The van der Waals surface area contributed by atoms with Crippen molar-refractivity contribution in [3.63, 3.8) is 0 Å². The molecule has 1 aliphatic carbocycles. The standard InChI is InChI=1S/C23H30N6O3/c24-15-31-14-17-11-20-21(26-13-17)12-22(28-7-9-30-10-8-28)27-23(20)32-19-3-1-18(2-4-19)29-6-5-25-16-29/h5-6,11-13,16,18-19H,1-4,7-10,14-15,24H2/t18-,19+. The van der Waals surface area contributed by atoms with Gasteiger partial charge in [0.05, 0.1) is 43.8 Å². The smallest absolute Gasteiger partial charge is 0.225 e. The summed E-state index contributed by atoms with van der Waals surface area (Å²) in [4.78, 5) is 16.0. The van der Waals surface area contributed by atoms with Crippen LogP contribution in [0.2, 0.25) is 0 Å². The van der Waals surface area contributed by atoms with Crippen molar-refractivity contribution in [2.45, 2.75) is 44.4 Å². The molecule has 32 heavy (non-hydrogen) atoms. The predicted octanol–water partition coefficient (Wildman–Crippen LogP) is 2.66. The van der Waals surface area contributed by atoms with Gasteiger partial charge in [0.2, 0.25) is 5.88 Å². The maximum atomic E-state index is 6.53. The van der Waals surface area contributed by atoms with E-state index in [2.05, 4.69) is 25.5 Å². The van der Waals surface area contributed by atoms with Crippen LogP contribution >= 0.6 is 0 Å². The van der Waals surface area contributed by atoms with E-state index in [9.17, 15) is 0 Å². The van der Waals surface area contributed by atoms with Crippen LogP contribution in [0.5, 0.6) is 5.88 Å². The fourth-order valence-corrected chi connectivity index (χ4v) is 4.53. The molecule has 0 aromatic carbocycles. The summed E-state index contributed by atoms with van der Waals surface area (Å²) in [5, 5.41) is 0.914. The SMILES string of the molecule is NCOCc1cnc2cc(N3CCOCC3)nc(O[C@H]3CC[C@@H](n4ccnc4)CC3)c2c1.